The Labute approximate surface area is 135 Å². The number of carbonyl (C=O) groups is 1. The summed E-state index contributed by atoms with van der Waals surface area (Å²) in [5, 5.41) is 2.59. The van der Waals surface area contributed by atoms with Crippen LogP contribution in [0.15, 0.2) is 36.4 Å². The Morgan fingerprint density at radius 2 is 1.74 bits per heavy atom. The molecule has 122 valence electrons. The molecule has 2 aromatic rings. The van der Waals surface area contributed by atoms with Crippen LogP contribution < -0.4 is 14.8 Å². The lowest BCUT2D eigenvalue weighted by atomic mass is 10.1. The molecule has 23 heavy (non-hydrogen) atoms. The highest BCUT2D eigenvalue weighted by Gasteiger charge is 2.09. The number of hydrogen-bond acceptors (Lipinski definition) is 3. The van der Waals surface area contributed by atoms with E-state index in [9.17, 15) is 9.18 Å². The first-order valence-electron chi connectivity index (χ1n) is 7.30. The van der Waals surface area contributed by atoms with Crippen LogP contribution in [0.1, 0.15) is 17.5 Å². The summed E-state index contributed by atoms with van der Waals surface area (Å²) in [4.78, 5) is 12.0. The predicted molar refractivity (Wildman–Crippen MR) is 87.6 cm³/mol. The number of hydrogen-bond donors (Lipinski definition) is 1. The van der Waals surface area contributed by atoms with Crippen molar-refractivity contribution in [2.24, 2.45) is 0 Å². The molecular formula is C18H20FNO3. The molecule has 0 spiro atoms. The molecule has 1 N–H and O–H groups in total. The van der Waals surface area contributed by atoms with Gasteiger partial charge in [-0.25, -0.2) is 4.39 Å². The van der Waals surface area contributed by atoms with Gasteiger partial charge in [-0.05, 0) is 48.7 Å². The number of anilines is 1. The Morgan fingerprint density at radius 3 is 2.30 bits per heavy atom. The molecule has 0 radical (unpaired) electrons. The van der Waals surface area contributed by atoms with E-state index < -0.39 is 5.82 Å². The van der Waals surface area contributed by atoms with E-state index in [1.807, 2.05) is 12.1 Å². The van der Waals surface area contributed by atoms with Crippen LogP contribution in [0.4, 0.5) is 10.1 Å². The molecule has 0 aliphatic rings. The van der Waals surface area contributed by atoms with Gasteiger partial charge < -0.3 is 14.8 Å². The van der Waals surface area contributed by atoms with Crippen LogP contribution in [-0.2, 0) is 11.2 Å². The number of methoxy groups -OCH3 is 2. The Balaban J connectivity index is 1.99. The van der Waals surface area contributed by atoms with Gasteiger partial charge in [-0.1, -0.05) is 6.07 Å². The van der Waals surface area contributed by atoms with Crippen molar-refractivity contribution in [2.45, 2.75) is 19.8 Å². The zero-order chi connectivity index (χ0) is 16.8. The molecule has 0 aromatic heterocycles. The van der Waals surface area contributed by atoms with Crippen molar-refractivity contribution in [1.82, 2.24) is 0 Å². The van der Waals surface area contributed by atoms with E-state index in [0.717, 1.165) is 11.1 Å². The number of carbonyl (C=O) groups excluding carboxylic acids is 1. The number of halogens is 1. The number of aryl methyl sites for hydroxylation is 2. The molecule has 0 atom stereocenters. The van der Waals surface area contributed by atoms with Gasteiger partial charge in [0.1, 0.15) is 17.3 Å². The maximum atomic E-state index is 13.7. The predicted octanol–water partition coefficient (Wildman–Crippen LogP) is 3.72. The fourth-order valence-electron chi connectivity index (χ4n) is 2.20. The molecule has 0 saturated heterocycles. The maximum Gasteiger partial charge on any atom is 0.224 e. The molecule has 0 heterocycles. The van der Waals surface area contributed by atoms with Crippen LogP contribution in [0.2, 0.25) is 0 Å². The smallest absolute Gasteiger partial charge is 0.224 e. The largest absolute Gasteiger partial charge is 0.497 e. The summed E-state index contributed by atoms with van der Waals surface area (Å²) in [7, 11) is 3.15. The van der Waals surface area contributed by atoms with Gasteiger partial charge in [0.15, 0.2) is 0 Å². The fourth-order valence-corrected chi connectivity index (χ4v) is 2.20. The average molecular weight is 317 g/mol. The highest BCUT2D eigenvalue weighted by Crippen LogP contribution is 2.23. The second-order valence-corrected chi connectivity index (χ2v) is 5.25. The van der Waals surface area contributed by atoms with Crippen LogP contribution in [0.3, 0.4) is 0 Å². The molecule has 0 saturated carbocycles. The molecule has 2 rings (SSSR count). The molecule has 0 aliphatic carbocycles. The van der Waals surface area contributed by atoms with Gasteiger partial charge in [0.25, 0.3) is 0 Å². The lowest BCUT2D eigenvalue weighted by Crippen LogP contribution is -2.13. The summed E-state index contributed by atoms with van der Waals surface area (Å²) in [6.45, 7) is 1.80. The monoisotopic (exact) mass is 317 g/mol. The zero-order valence-corrected chi connectivity index (χ0v) is 13.5. The van der Waals surface area contributed by atoms with Gasteiger partial charge in [-0.2, -0.15) is 0 Å². The highest BCUT2D eigenvalue weighted by atomic mass is 19.1. The molecule has 0 fully saturated rings. The third kappa shape index (κ3) is 4.71. The van der Waals surface area contributed by atoms with Crippen LogP contribution in [0.5, 0.6) is 11.5 Å². The summed E-state index contributed by atoms with van der Waals surface area (Å²) >= 11 is 0. The van der Waals surface area contributed by atoms with Crippen LogP contribution in [0.25, 0.3) is 0 Å². The van der Waals surface area contributed by atoms with E-state index in [1.165, 1.54) is 6.07 Å². The summed E-state index contributed by atoms with van der Waals surface area (Å²) in [5.41, 5.74) is 1.92. The summed E-state index contributed by atoms with van der Waals surface area (Å²) in [6, 6.07) is 10.2. The van der Waals surface area contributed by atoms with Gasteiger partial charge in [-0.3, -0.25) is 4.79 Å². The van der Waals surface area contributed by atoms with Gasteiger partial charge in [0.2, 0.25) is 5.91 Å². The first-order chi connectivity index (χ1) is 11.0. The highest BCUT2D eigenvalue weighted by molar-refractivity contribution is 5.91. The Hall–Kier alpha value is -2.56. The van der Waals surface area contributed by atoms with E-state index in [1.54, 1.807) is 39.3 Å². The lowest BCUT2D eigenvalue weighted by molar-refractivity contribution is -0.116. The van der Waals surface area contributed by atoms with Crippen molar-refractivity contribution in [3.63, 3.8) is 0 Å². The summed E-state index contributed by atoms with van der Waals surface area (Å²) < 4.78 is 24.1. The molecule has 0 unspecified atom stereocenters. The normalized spacial score (nSPS) is 10.3. The summed E-state index contributed by atoms with van der Waals surface area (Å²) in [5.74, 6) is 0.671. The van der Waals surface area contributed by atoms with E-state index in [2.05, 4.69) is 5.32 Å². The van der Waals surface area contributed by atoms with Crippen LogP contribution in [0, 0.1) is 12.7 Å². The quantitative estimate of drug-likeness (QED) is 0.883. The van der Waals surface area contributed by atoms with Crippen molar-refractivity contribution in [2.75, 3.05) is 19.5 Å². The molecule has 0 bridgehead atoms. The summed E-state index contributed by atoms with van der Waals surface area (Å²) in [6.07, 6.45) is 0.747. The van der Waals surface area contributed by atoms with Crippen molar-refractivity contribution in [1.29, 1.82) is 0 Å². The molecular weight excluding hydrogens is 297 g/mol. The van der Waals surface area contributed by atoms with E-state index in [-0.39, 0.29) is 18.0 Å². The number of amides is 1. The zero-order valence-electron chi connectivity index (χ0n) is 13.5. The molecule has 1 amide bonds. The van der Waals surface area contributed by atoms with Gasteiger partial charge in [0, 0.05) is 12.5 Å². The van der Waals surface area contributed by atoms with Crippen molar-refractivity contribution < 1.29 is 18.7 Å². The first-order valence-corrected chi connectivity index (χ1v) is 7.30. The molecule has 5 heteroatoms. The second-order valence-electron chi connectivity index (χ2n) is 5.25. The van der Waals surface area contributed by atoms with Crippen LogP contribution in [-0.4, -0.2) is 20.1 Å². The Bertz CT molecular complexity index is 678. The molecule has 2 aromatic carbocycles. The van der Waals surface area contributed by atoms with E-state index in [4.69, 9.17) is 9.47 Å². The third-order valence-electron chi connectivity index (χ3n) is 3.45. The minimum atomic E-state index is -0.429. The molecule has 4 nitrogen and oxygen atoms in total. The van der Waals surface area contributed by atoms with Crippen molar-refractivity contribution >= 4 is 11.6 Å². The Morgan fingerprint density at radius 1 is 1.09 bits per heavy atom. The van der Waals surface area contributed by atoms with E-state index in [0.29, 0.717) is 17.9 Å². The van der Waals surface area contributed by atoms with E-state index >= 15 is 0 Å². The van der Waals surface area contributed by atoms with Gasteiger partial charge >= 0.3 is 0 Å². The number of benzene rings is 2. The first kappa shape index (κ1) is 16.8. The van der Waals surface area contributed by atoms with Gasteiger partial charge in [-0.15, -0.1) is 0 Å². The maximum absolute atomic E-state index is 13.7. The topological polar surface area (TPSA) is 47.6 Å². The standard InChI is InChI=1S/C18H20FNO3/c1-12-4-6-17(16(19)8-12)20-18(21)7-5-13-9-14(22-2)11-15(10-13)23-3/h4,6,8-11H,5,7H2,1-3H3,(H,20,21). The lowest BCUT2D eigenvalue weighted by Gasteiger charge is -2.09. The van der Waals surface area contributed by atoms with Crippen molar-refractivity contribution in [3.05, 3.63) is 53.3 Å². The SMILES string of the molecule is COc1cc(CCC(=O)Nc2ccc(C)cc2F)cc(OC)c1. The van der Waals surface area contributed by atoms with Gasteiger partial charge in [0.05, 0.1) is 19.9 Å². The minimum Gasteiger partial charge on any atom is -0.497 e. The van der Waals surface area contributed by atoms with Crippen LogP contribution >= 0.6 is 0 Å². The average Bonchev–Trinajstić information content (AvgIpc) is 2.55. The molecule has 0 aliphatic heterocycles. The second kappa shape index (κ2) is 7.63. The van der Waals surface area contributed by atoms with Crippen molar-refractivity contribution in [3.8, 4) is 11.5 Å². The number of nitrogens with one attached hydrogen (secondary N) is 1. The Kier molecular flexibility index (Phi) is 5.57. The number of ether oxygens (including phenoxy) is 2. The third-order valence-corrected chi connectivity index (χ3v) is 3.45. The minimum absolute atomic E-state index is 0.198. The number of rotatable bonds is 6. The fraction of sp³-hybridized carbons (Fsp3) is 0.278.